The maximum Gasteiger partial charge on any atom is 0.306 e. The van der Waals surface area contributed by atoms with E-state index in [9.17, 15) is 9.59 Å². The van der Waals surface area contributed by atoms with Crippen molar-refractivity contribution >= 4 is 11.9 Å². The first-order valence-electron chi connectivity index (χ1n) is 10.5. The lowest BCUT2D eigenvalue weighted by atomic mass is 9.80. The molecule has 0 unspecified atom stereocenters. The number of aromatic nitrogens is 2. The molecule has 2 fully saturated rings. The Morgan fingerprint density at radius 3 is 2.29 bits per heavy atom. The molecule has 7 heteroatoms. The summed E-state index contributed by atoms with van der Waals surface area (Å²) in [6, 6.07) is 0. The van der Waals surface area contributed by atoms with Crippen LogP contribution in [0, 0.1) is 11.8 Å². The second kappa shape index (κ2) is 8.64. The third-order valence-electron chi connectivity index (χ3n) is 6.11. The number of rotatable bonds is 5. The van der Waals surface area contributed by atoms with Crippen LogP contribution in [0.15, 0.2) is 12.4 Å². The molecular weight excluding hydrogens is 356 g/mol. The lowest BCUT2D eigenvalue weighted by Gasteiger charge is -2.35. The highest BCUT2D eigenvalue weighted by atomic mass is 16.4. The van der Waals surface area contributed by atoms with Gasteiger partial charge in [0.15, 0.2) is 0 Å². The normalized spacial score (nSPS) is 24.3. The summed E-state index contributed by atoms with van der Waals surface area (Å²) in [7, 11) is 0. The standard InChI is InChI=1S/C21H34N4O3/c1-21(2,3)25-15-17(13-22-25)14-23-8-10-24(11-9-23)19(26)12-16-4-6-18(7-5-16)20(27)28/h13,15-16,18H,4-12,14H2,1-3H3,(H,27,28). The van der Waals surface area contributed by atoms with E-state index in [2.05, 4.69) is 37.0 Å². The zero-order valence-corrected chi connectivity index (χ0v) is 17.4. The van der Waals surface area contributed by atoms with Gasteiger partial charge < -0.3 is 10.0 Å². The molecular formula is C21H34N4O3. The highest BCUT2D eigenvalue weighted by molar-refractivity contribution is 5.76. The fourth-order valence-electron chi connectivity index (χ4n) is 4.21. The molecule has 1 amide bonds. The summed E-state index contributed by atoms with van der Waals surface area (Å²) in [5, 5.41) is 13.6. The molecule has 2 aliphatic rings. The Morgan fingerprint density at radius 1 is 1.11 bits per heavy atom. The molecule has 2 heterocycles. The zero-order valence-electron chi connectivity index (χ0n) is 17.4. The molecule has 1 aromatic heterocycles. The van der Waals surface area contributed by atoms with Gasteiger partial charge in [-0.1, -0.05) is 0 Å². The van der Waals surface area contributed by atoms with Gasteiger partial charge in [-0.15, -0.1) is 0 Å². The van der Waals surface area contributed by atoms with Gasteiger partial charge in [-0.25, -0.2) is 0 Å². The first-order valence-corrected chi connectivity index (χ1v) is 10.5. The minimum atomic E-state index is -0.686. The summed E-state index contributed by atoms with van der Waals surface area (Å²) < 4.78 is 2.00. The predicted molar refractivity (Wildman–Crippen MR) is 107 cm³/mol. The number of hydrogen-bond donors (Lipinski definition) is 1. The van der Waals surface area contributed by atoms with E-state index in [4.69, 9.17) is 5.11 Å². The van der Waals surface area contributed by atoms with E-state index < -0.39 is 5.97 Å². The maximum absolute atomic E-state index is 12.6. The average molecular weight is 391 g/mol. The molecule has 0 radical (unpaired) electrons. The molecule has 1 aliphatic heterocycles. The molecule has 0 bridgehead atoms. The summed E-state index contributed by atoms with van der Waals surface area (Å²) >= 11 is 0. The van der Waals surface area contributed by atoms with Gasteiger partial charge in [0.25, 0.3) is 0 Å². The Bertz CT molecular complexity index is 678. The molecule has 28 heavy (non-hydrogen) atoms. The third-order valence-corrected chi connectivity index (χ3v) is 6.11. The van der Waals surface area contributed by atoms with Crippen molar-refractivity contribution in [2.75, 3.05) is 26.2 Å². The van der Waals surface area contributed by atoms with E-state index in [1.165, 1.54) is 5.56 Å². The monoisotopic (exact) mass is 390 g/mol. The minimum absolute atomic E-state index is 0.00698. The van der Waals surface area contributed by atoms with E-state index in [0.717, 1.165) is 45.6 Å². The molecule has 1 N–H and O–H groups in total. The average Bonchev–Trinajstić information content (AvgIpc) is 3.12. The van der Waals surface area contributed by atoms with Crippen LogP contribution in [-0.2, 0) is 21.7 Å². The van der Waals surface area contributed by atoms with Crippen molar-refractivity contribution in [3.8, 4) is 0 Å². The van der Waals surface area contributed by atoms with Crippen LogP contribution in [-0.4, -0.2) is 62.7 Å². The number of nitrogens with zero attached hydrogens (tertiary/aromatic N) is 4. The smallest absolute Gasteiger partial charge is 0.306 e. The lowest BCUT2D eigenvalue weighted by molar-refractivity contribution is -0.143. The Hall–Kier alpha value is -1.89. The molecule has 0 atom stereocenters. The van der Waals surface area contributed by atoms with Crippen LogP contribution in [0.1, 0.15) is 58.4 Å². The molecule has 0 spiro atoms. The highest BCUT2D eigenvalue weighted by Gasteiger charge is 2.29. The van der Waals surface area contributed by atoms with Crippen LogP contribution in [0.3, 0.4) is 0 Å². The minimum Gasteiger partial charge on any atom is -0.481 e. The fourth-order valence-corrected chi connectivity index (χ4v) is 4.21. The van der Waals surface area contributed by atoms with E-state index in [0.29, 0.717) is 25.2 Å². The Labute approximate surface area is 167 Å². The van der Waals surface area contributed by atoms with Crippen LogP contribution >= 0.6 is 0 Å². The SMILES string of the molecule is CC(C)(C)n1cc(CN2CCN(C(=O)CC3CCC(C(=O)O)CC3)CC2)cn1. The van der Waals surface area contributed by atoms with Crippen LogP contribution in [0.5, 0.6) is 0 Å². The molecule has 1 saturated heterocycles. The van der Waals surface area contributed by atoms with Crippen molar-refractivity contribution in [2.45, 2.75) is 65.0 Å². The van der Waals surface area contributed by atoms with Gasteiger partial charge in [-0.2, -0.15) is 5.10 Å². The molecule has 7 nitrogen and oxygen atoms in total. The summed E-state index contributed by atoms with van der Waals surface area (Å²) in [6.45, 7) is 10.6. The van der Waals surface area contributed by atoms with Crippen molar-refractivity contribution in [1.29, 1.82) is 0 Å². The van der Waals surface area contributed by atoms with Crippen molar-refractivity contribution in [3.05, 3.63) is 18.0 Å². The summed E-state index contributed by atoms with van der Waals surface area (Å²) in [6.07, 6.45) is 7.78. The van der Waals surface area contributed by atoms with E-state index in [1.54, 1.807) is 0 Å². The molecule has 1 aliphatic carbocycles. The number of piperazine rings is 1. The number of hydrogen-bond acceptors (Lipinski definition) is 4. The first kappa shape index (κ1) is 20.8. The third kappa shape index (κ3) is 5.34. The topological polar surface area (TPSA) is 78.7 Å². The van der Waals surface area contributed by atoms with Crippen molar-refractivity contribution in [2.24, 2.45) is 11.8 Å². The maximum atomic E-state index is 12.6. The van der Waals surface area contributed by atoms with E-state index in [1.807, 2.05) is 15.8 Å². The molecule has 1 aromatic rings. The van der Waals surface area contributed by atoms with Crippen molar-refractivity contribution in [1.82, 2.24) is 19.6 Å². The van der Waals surface area contributed by atoms with E-state index >= 15 is 0 Å². The number of carbonyl (C=O) groups is 2. The highest BCUT2D eigenvalue weighted by Crippen LogP contribution is 2.31. The quantitative estimate of drug-likeness (QED) is 0.836. The van der Waals surface area contributed by atoms with Gasteiger partial charge in [0, 0.05) is 50.9 Å². The second-order valence-electron chi connectivity index (χ2n) is 9.38. The van der Waals surface area contributed by atoms with Gasteiger partial charge in [-0.05, 0) is 52.4 Å². The number of carboxylic acid groups (broad SMARTS) is 1. The number of aliphatic carboxylic acids is 1. The lowest BCUT2D eigenvalue weighted by Crippen LogP contribution is -2.48. The first-order chi connectivity index (χ1) is 13.2. The fraction of sp³-hybridized carbons (Fsp3) is 0.762. The van der Waals surface area contributed by atoms with Gasteiger partial charge in [0.2, 0.25) is 5.91 Å². The summed E-state index contributed by atoms with van der Waals surface area (Å²) in [4.78, 5) is 28.1. The van der Waals surface area contributed by atoms with Crippen LogP contribution in [0.4, 0.5) is 0 Å². The van der Waals surface area contributed by atoms with Crippen LogP contribution in [0.25, 0.3) is 0 Å². The summed E-state index contributed by atoms with van der Waals surface area (Å²) in [5.74, 6) is -0.310. The number of carboxylic acids is 1. The molecule has 156 valence electrons. The van der Waals surface area contributed by atoms with Crippen molar-refractivity contribution in [3.63, 3.8) is 0 Å². The van der Waals surface area contributed by atoms with Crippen LogP contribution in [0.2, 0.25) is 0 Å². The van der Waals surface area contributed by atoms with Gasteiger partial charge >= 0.3 is 5.97 Å². The number of amides is 1. The zero-order chi connectivity index (χ0) is 20.3. The van der Waals surface area contributed by atoms with Gasteiger partial charge in [0.05, 0.1) is 17.7 Å². The van der Waals surface area contributed by atoms with Gasteiger partial charge in [-0.3, -0.25) is 19.2 Å². The number of carbonyl (C=O) groups excluding carboxylic acids is 1. The predicted octanol–water partition coefficient (Wildman–Crippen LogP) is 2.56. The Kier molecular flexibility index (Phi) is 6.43. The van der Waals surface area contributed by atoms with E-state index in [-0.39, 0.29) is 17.4 Å². The molecule has 1 saturated carbocycles. The Morgan fingerprint density at radius 2 is 1.75 bits per heavy atom. The summed E-state index contributed by atoms with van der Waals surface area (Å²) in [5.41, 5.74) is 1.21. The van der Waals surface area contributed by atoms with Crippen LogP contribution < -0.4 is 0 Å². The molecule has 0 aromatic carbocycles. The Balaban J connectivity index is 1.41. The molecule has 3 rings (SSSR count). The van der Waals surface area contributed by atoms with Gasteiger partial charge in [0.1, 0.15) is 0 Å². The van der Waals surface area contributed by atoms with Crippen molar-refractivity contribution < 1.29 is 14.7 Å². The largest absolute Gasteiger partial charge is 0.481 e. The second-order valence-corrected chi connectivity index (χ2v) is 9.38.